The van der Waals surface area contributed by atoms with Gasteiger partial charge in [0.15, 0.2) is 0 Å². The van der Waals surface area contributed by atoms with Gasteiger partial charge in [-0.05, 0) is 98.6 Å². The molecule has 1 nitrogen and oxygen atoms in total. The molecule has 0 spiro atoms. The molecule has 0 amide bonds. The highest BCUT2D eigenvalue weighted by Gasteiger charge is 2.43. The summed E-state index contributed by atoms with van der Waals surface area (Å²) in [4.78, 5) is 2.51. The van der Waals surface area contributed by atoms with Crippen molar-refractivity contribution in [2.75, 3.05) is 4.90 Å². The molecule has 0 aromatic heterocycles. The van der Waals surface area contributed by atoms with E-state index in [9.17, 15) is 0 Å². The Bertz CT molecular complexity index is 2510. The molecule has 1 aliphatic rings. The van der Waals surface area contributed by atoms with Crippen molar-refractivity contribution in [3.8, 4) is 44.5 Å². The Morgan fingerprint density at radius 2 is 0.865 bits per heavy atom. The van der Waals surface area contributed by atoms with Crippen molar-refractivity contribution in [3.63, 3.8) is 0 Å². The molecule has 0 saturated carbocycles. The van der Waals surface area contributed by atoms with Crippen LogP contribution in [-0.2, 0) is 5.41 Å². The molecule has 0 radical (unpaired) electrons. The molecule has 0 saturated heterocycles. The summed E-state index contributed by atoms with van der Waals surface area (Å²) in [6.45, 7) is 4.71. The monoisotopic (exact) mass is 667 g/mol. The van der Waals surface area contributed by atoms with Crippen molar-refractivity contribution < 1.29 is 0 Å². The summed E-state index contributed by atoms with van der Waals surface area (Å²) < 4.78 is 0. The average Bonchev–Trinajstić information content (AvgIpc) is 3.51. The van der Waals surface area contributed by atoms with Gasteiger partial charge in [0, 0.05) is 27.7 Å². The Hall–Kier alpha value is -6.18. The fourth-order valence-electron chi connectivity index (χ4n) is 8.72. The lowest BCUT2D eigenvalue weighted by molar-refractivity contribution is 0.491. The summed E-state index contributed by atoms with van der Waals surface area (Å²) >= 11 is 0. The second-order valence-electron chi connectivity index (χ2n) is 13.9. The van der Waals surface area contributed by atoms with E-state index in [4.69, 9.17) is 0 Å². The summed E-state index contributed by atoms with van der Waals surface area (Å²) in [5.74, 6) is 0. The minimum Gasteiger partial charge on any atom is -0.309 e. The van der Waals surface area contributed by atoms with E-state index in [1.54, 1.807) is 0 Å². The molecule has 1 aliphatic carbocycles. The van der Waals surface area contributed by atoms with Crippen LogP contribution in [0.3, 0.4) is 0 Å². The molecular weight excluding hydrogens is 627 g/mol. The van der Waals surface area contributed by atoms with Crippen molar-refractivity contribution in [3.05, 3.63) is 199 Å². The lowest BCUT2D eigenvalue weighted by atomic mass is 9.73. The topological polar surface area (TPSA) is 3.24 Å². The normalized spacial score (nSPS) is 12.7. The molecule has 8 aromatic carbocycles. The van der Waals surface area contributed by atoms with Crippen LogP contribution in [0.4, 0.5) is 17.1 Å². The molecule has 0 aliphatic heterocycles. The van der Waals surface area contributed by atoms with Crippen molar-refractivity contribution in [2.45, 2.75) is 32.1 Å². The first-order valence-electron chi connectivity index (χ1n) is 18.6. The fraction of sp³-hybridized carbons (Fsp3) is 0.0980. The zero-order valence-corrected chi connectivity index (χ0v) is 29.8. The number of anilines is 3. The Kier molecular flexibility index (Phi) is 8.05. The van der Waals surface area contributed by atoms with Gasteiger partial charge in [0.05, 0.1) is 5.69 Å². The third-order valence-electron chi connectivity index (χ3n) is 11.4. The quantitative estimate of drug-likeness (QED) is 0.156. The van der Waals surface area contributed by atoms with Crippen molar-refractivity contribution in [1.82, 2.24) is 0 Å². The van der Waals surface area contributed by atoms with Gasteiger partial charge >= 0.3 is 0 Å². The number of nitrogens with zero attached hydrogens (tertiary/aromatic N) is 1. The maximum absolute atomic E-state index is 2.51. The Balaban J connectivity index is 1.28. The maximum atomic E-state index is 2.51. The highest BCUT2D eigenvalue weighted by Crippen LogP contribution is 2.59. The predicted molar refractivity (Wildman–Crippen MR) is 222 cm³/mol. The van der Waals surface area contributed by atoms with E-state index in [2.05, 4.69) is 207 Å². The van der Waals surface area contributed by atoms with Crippen LogP contribution in [0.25, 0.3) is 55.3 Å². The Labute approximate surface area is 307 Å². The summed E-state index contributed by atoms with van der Waals surface area (Å²) in [7, 11) is 0. The summed E-state index contributed by atoms with van der Waals surface area (Å²) in [5.41, 5.74) is 16.4. The van der Waals surface area contributed by atoms with Gasteiger partial charge in [-0.1, -0.05) is 172 Å². The Morgan fingerprint density at radius 1 is 0.404 bits per heavy atom. The molecule has 0 fully saturated rings. The maximum Gasteiger partial charge on any atom is 0.0621 e. The van der Waals surface area contributed by atoms with Gasteiger partial charge in [-0.25, -0.2) is 0 Å². The minimum absolute atomic E-state index is 0.0431. The van der Waals surface area contributed by atoms with Crippen molar-refractivity contribution in [1.29, 1.82) is 0 Å². The molecule has 0 bridgehead atoms. The van der Waals surface area contributed by atoms with E-state index in [0.29, 0.717) is 0 Å². The Morgan fingerprint density at radius 3 is 1.48 bits per heavy atom. The molecule has 0 heterocycles. The number of rotatable bonds is 8. The van der Waals surface area contributed by atoms with Crippen LogP contribution >= 0.6 is 0 Å². The van der Waals surface area contributed by atoms with E-state index >= 15 is 0 Å². The van der Waals surface area contributed by atoms with Crippen LogP contribution in [0.5, 0.6) is 0 Å². The number of benzene rings is 8. The molecular formula is C51H41N. The first-order valence-corrected chi connectivity index (χ1v) is 18.6. The molecule has 0 atom stereocenters. The van der Waals surface area contributed by atoms with Gasteiger partial charge in [0.25, 0.3) is 0 Å². The highest BCUT2D eigenvalue weighted by atomic mass is 15.1. The van der Waals surface area contributed by atoms with Gasteiger partial charge in [0.2, 0.25) is 0 Å². The zero-order valence-electron chi connectivity index (χ0n) is 29.8. The number of hydrogen-bond acceptors (Lipinski definition) is 1. The largest absolute Gasteiger partial charge is 0.309 e. The highest BCUT2D eigenvalue weighted by molar-refractivity contribution is 6.10. The molecule has 52 heavy (non-hydrogen) atoms. The van der Waals surface area contributed by atoms with Gasteiger partial charge < -0.3 is 4.90 Å². The molecule has 0 unspecified atom stereocenters. The second kappa shape index (κ2) is 13.2. The van der Waals surface area contributed by atoms with Gasteiger partial charge in [0.1, 0.15) is 0 Å². The lowest BCUT2D eigenvalue weighted by Crippen LogP contribution is -2.23. The third kappa shape index (κ3) is 5.16. The van der Waals surface area contributed by atoms with Crippen molar-refractivity contribution >= 4 is 27.8 Å². The van der Waals surface area contributed by atoms with Crippen molar-refractivity contribution in [2.24, 2.45) is 0 Å². The SMILES string of the molecule is CCC1(CC)c2ccccc2-c2c1cc1ccccc1c2N(c1ccc(-c2ccccc2)cc1)c1ccc(-c2ccccc2-c2ccccc2)cc1. The van der Waals surface area contributed by atoms with Crippen LogP contribution in [0.15, 0.2) is 188 Å². The first-order chi connectivity index (χ1) is 25.7. The predicted octanol–water partition coefficient (Wildman–Crippen LogP) is 14.4. The van der Waals surface area contributed by atoms with Crippen LogP contribution in [-0.4, -0.2) is 0 Å². The smallest absolute Gasteiger partial charge is 0.0621 e. The van der Waals surface area contributed by atoms with Gasteiger partial charge in [-0.3, -0.25) is 0 Å². The number of hydrogen-bond donors (Lipinski definition) is 0. The first kappa shape index (κ1) is 31.8. The zero-order chi connectivity index (χ0) is 35.1. The van der Waals surface area contributed by atoms with Crippen LogP contribution in [0.2, 0.25) is 0 Å². The number of fused-ring (bicyclic) bond motifs is 4. The summed E-state index contributed by atoms with van der Waals surface area (Å²) in [5, 5.41) is 2.53. The van der Waals surface area contributed by atoms with Crippen LogP contribution in [0, 0.1) is 0 Å². The molecule has 0 N–H and O–H groups in total. The minimum atomic E-state index is -0.0431. The van der Waals surface area contributed by atoms with E-state index in [-0.39, 0.29) is 5.41 Å². The van der Waals surface area contributed by atoms with E-state index in [1.807, 2.05) is 0 Å². The molecule has 1 heteroatoms. The van der Waals surface area contributed by atoms with E-state index in [0.717, 1.165) is 24.2 Å². The molecule has 250 valence electrons. The third-order valence-corrected chi connectivity index (χ3v) is 11.4. The van der Waals surface area contributed by atoms with Gasteiger partial charge in [-0.15, -0.1) is 0 Å². The average molecular weight is 668 g/mol. The second-order valence-corrected chi connectivity index (χ2v) is 13.9. The van der Waals surface area contributed by atoms with Crippen LogP contribution < -0.4 is 4.90 Å². The summed E-state index contributed by atoms with van der Waals surface area (Å²) in [6, 6.07) is 69.0. The standard InChI is InChI=1S/C51H41N/c1-3-51(4-2)47-26-16-15-25-46(47)49-48(51)35-40-21-11-12-24-45(40)50(49)52(41-31-27-37(28-32-41)36-17-7-5-8-18-36)42-33-29-39(30-34-42)44-23-14-13-22-43(44)38-19-9-6-10-20-38/h5-35H,3-4H2,1-2H3. The van der Waals surface area contributed by atoms with E-state index in [1.165, 1.54) is 72.1 Å². The van der Waals surface area contributed by atoms with E-state index < -0.39 is 0 Å². The van der Waals surface area contributed by atoms with Gasteiger partial charge in [-0.2, -0.15) is 0 Å². The van der Waals surface area contributed by atoms with Crippen LogP contribution in [0.1, 0.15) is 37.8 Å². The fourth-order valence-corrected chi connectivity index (χ4v) is 8.72. The summed E-state index contributed by atoms with van der Waals surface area (Å²) in [6.07, 6.45) is 2.10. The molecule has 9 rings (SSSR count). The molecule has 8 aromatic rings. The lowest BCUT2D eigenvalue weighted by Gasteiger charge is -2.32.